The van der Waals surface area contributed by atoms with Crippen molar-refractivity contribution in [2.24, 2.45) is 0 Å². The first kappa shape index (κ1) is 18.6. The van der Waals surface area contributed by atoms with Crippen molar-refractivity contribution in [3.63, 3.8) is 0 Å². The normalized spacial score (nSPS) is 12.7. The molecule has 2 heterocycles. The predicted octanol–water partition coefficient (Wildman–Crippen LogP) is 6.27. The Labute approximate surface area is 203 Å². The number of aromatic nitrogens is 4. The number of benzene rings is 5. The van der Waals surface area contributed by atoms with Gasteiger partial charge in [0.15, 0.2) is 0 Å². The van der Waals surface area contributed by atoms with Crippen LogP contribution >= 0.6 is 0 Å². The highest BCUT2D eigenvalue weighted by molar-refractivity contribution is 5.95. The first-order valence-corrected chi connectivity index (χ1v) is 12.2. The average molecular weight is 459 g/mol. The zero-order chi connectivity index (χ0) is 23.7. The van der Waals surface area contributed by atoms with Crippen molar-refractivity contribution in [3.8, 4) is 0 Å². The van der Waals surface area contributed by atoms with E-state index in [4.69, 9.17) is 19.9 Å². The van der Waals surface area contributed by atoms with E-state index in [1.54, 1.807) is 0 Å². The summed E-state index contributed by atoms with van der Waals surface area (Å²) in [6.45, 7) is 4.26. The molecule has 0 saturated heterocycles. The molecular weight excluding hydrogens is 440 g/mol. The SMILES string of the molecule is Cc1cc2nc3c(nc2cc1C)=c1ccc2c4c(ccc=3c14)=c1nc3cc4ccccc4cc3nc1=2. The Morgan fingerprint density at radius 1 is 0.417 bits per heavy atom. The number of fused-ring (bicyclic) bond motifs is 5. The summed E-state index contributed by atoms with van der Waals surface area (Å²) in [4.78, 5) is 20.5. The maximum atomic E-state index is 5.14. The standard InChI is InChI=1S/C32H18N4/c1-15-11-23-24(12-16(15)2)34-30-20-8-10-22-28-21(9-7-19(27(20)28)29(30)33-23)31-32(22)36-26-14-18-6-4-3-5-17(18)13-25(26)35-31/h3-14H,1-2H3. The highest BCUT2D eigenvalue weighted by Crippen LogP contribution is 2.30. The van der Waals surface area contributed by atoms with Crippen LogP contribution < -0.4 is 0 Å². The van der Waals surface area contributed by atoms with Crippen LogP contribution in [0.1, 0.15) is 11.1 Å². The lowest BCUT2D eigenvalue weighted by molar-refractivity contribution is 1.16. The summed E-state index contributed by atoms with van der Waals surface area (Å²) in [6.07, 6.45) is 0. The lowest BCUT2D eigenvalue weighted by Gasteiger charge is -2.02. The summed E-state index contributed by atoms with van der Waals surface area (Å²) in [5, 5.41) is 13.3. The van der Waals surface area contributed by atoms with E-state index in [1.807, 2.05) is 0 Å². The van der Waals surface area contributed by atoms with Gasteiger partial charge in [-0.25, -0.2) is 19.9 Å². The Kier molecular flexibility index (Phi) is 3.15. The van der Waals surface area contributed by atoms with Gasteiger partial charge < -0.3 is 0 Å². The largest absolute Gasteiger partial charge is 0.244 e. The molecule has 166 valence electrons. The Morgan fingerprint density at radius 3 is 1.11 bits per heavy atom. The third-order valence-corrected chi connectivity index (χ3v) is 7.99. The quantitative estimate of drug-likeness (QED) is 0.251. The fourth-order valence-corrected chi connectivity index (χ4v) is 6.09. The summed E-state index contributed by atoms with van der Waals surface area (Å²) in [5.74, 6) is 0. The van der Waals surface area contributed by atoms with E-state index in [0.717, 1.165) is 64.3 Å². The molecule has 4 nitrogen and oxygen atoms in total. The Hall–Kier alpha value is -4.70. The van der Waals surface area contributed by atoms with Crippen LogP contribution in [0, 0.1) is 56.1 Å². The van der Waals surface area contributed by atoms with Crippen LogP contribution in [0.25, 0.3) is 43.6 Å². The van der Waals surface area contributed by atoms with Gasteiger partial charge in [0.2, 0.25) is 0 Å². The topological polar surface area (TPSA) is 51.6 Å². The monoisotopic (exact) mass is 458 g/mol. The molecule has 0 N–H and O–H groups in total. The number of nitrogens with zero attached hydrogens (tertiary/aromatic N) is 4. The van der Waals surface area contributed by atoms with Crippen LogP contribution in [0.15, 0.2) is 72.8 Å². The molecule has 0 atom stereocenters. The lowest BCUT2D eigenvalue weighted by atomic mass is 10.1. The zero-order valence-electron chi connectivity index (χ0n) is 19.7. The fourth-order valence-electron chi connectivity index (χ4n) is 6.09. The van der Waals surface area contributed by atoms with Crippen LogP contribution in [0.3, 0.4) is 0 Å². The van der Waals surface area contributed by atoms with Gasteiger partial charge in [-0.1, -0.05) is 48.5 Å². The maximum Gasteiger partial charge on any atom is 0.0979 e. The summed E-state index contributed by atoms with van der Waals surface area (Å²) in [6, 6.07) is 25.8. The highest BCUT2D eigenvalue weighted by Gasteiger charge is 2.16. The fraction of sp³-hybridized carbons (Fsp3) is 0.0625. The van der Waals surface area contributed by atoms with Crippen molar-refractivity contribution in [2.45, 2.75) is 13.8 Å². The predicted molar refractivity (Wildman–Crippen MR) is 141 cm³/mol. The molecule has 7 aromatic rings. The number of rotatable bonds is 0. The van der Waals surface area contributed by atoms with Gasteiger partial charge in [0.25, 0.3) is 0 Å². The smallest absolute Gasteiger partial charge is 0.0979 e. The second-order valence-corrected chi connectivity index (χ2v) is 10.0. The van der Waals surface area contributed by atoms with Crippen molar-refractivity contribution >= 4 is 43.6 Å². The number of aryl methyl sites for hydroxylation is 2. The van der Waals surface area contributed by atoms with E-state index in [-0.39, 0.29) is 0 Å². The van der Waals surface area contributed by atoms with Crippen molar-refractivity contribution in [3.05, 3.63) is 126 Å². The third-order valence-electron chi connectivity index (χ3n) is 7.99. The van der Waals surface area contributed by atoms with Crippen LogP contribution in [0.4, 0.5) is 0 Å². The first-order valence-electron chi connectivity index (χ1n) is 12.2. The van der Waals surface area contributed by atoms with Crippen molar-refractivity contribution in [1.29, 1.82) is 0 Å². The van der Waals surface area contributed by atoms with Gasteiger partial charge >= 0.3 is 0 Å². The van der Waals surface area contributed by atoms with Gasteiger partial charge in [0.05, 0.1) is 43.5 Å². The lowest BCUT2D eigenvalue weighted by Crippen LogP contribution is -1.91. The van der Waals surface area contributed by atoms with Crippen LogP contribution in [0.2, 0.25) is 0 Å². The minimum absolute atomic E-state index is 0.927. The molecule has 0 unspecified atom stereocenters. The van der Waals surface area contributed by atoms with Gasteiger partial charge in [0, 0.05) is 31.6 Å². The maximum absolute atomic E-state index is 5.14. The van der Waals surface area contributed by atoms with Gasteiger partial charge in [0.1, 0.15) is 0 Å². The molecule has 2 aliphatic rings. The zero-order valence-corrected chi connectivity index (χ0v) is 19.7. The number of hydrogen-bond donors (Lipinski definition) is 0. The van der Waals surface area contributed by atoms with E-state index >= 15 is 0 Å². The summed E-state index contributed by atoms with van der Waals surface area (Å²) in [7, 11) is 0. The molecule has 0 bridgehead atoms. The molecule has 2 aromatic heterocycles. The average Bonchev–Trinajstić information content (AvgIpc) is 3.37. The van der Waals surface area contributed by atoms with E-state index in [0.29, 0.717) is 0 Å². The molecule has 0 radical (unpaired) electrons. The molecule has 5 aromatic carbocycles. The molecular formula is C32H18N4. The van der Waals surface area contributed by atoms with Gasteiger partial charge in [-0.15, -0.1) is 0 Å². The van der Waals surface area contributed by atoms with Crippen LogP contribution in [-0.4, -0.2) is 19.9 Å². The summed E-state index contributed by atoms with van der Waals surface area (Å²) >= 11 is 0. The van der Waals surface area contributed by atoms with Crippen molar-refractivity contribution in [1.82, 2.24) is 19.9 Å². The Balaban J connectivity index is 1.53. The summed E-state index contributed by atoms with van der Waals surface area (Å²) < 4.78 is 0. The molecule has 0 saturated carbocycles. The van der Waals surface area contributed by atoms with Gasteiger partial charge in [-0.05, 0) is 60.0 Å². The molecule has 36 heavy (non-hydrogen) atoms. The van der Waals surface area contributed by atoms with E-state index in [1.165, 1.54) is 32.7 Å². The third kappa shape index (κ3) is 2.16. The highest BCUT2D eigenvalue weighted by atomic mass is 14.8. The van der Waals surface area contributed by atoms with Gasteiger partial charge in [-0.3, -0.25) is 0 Å². The molecule has 0 amide bonds. The second-order valence-electron chi connectivity index (χ2n) is 10.0. The van der Waals surface area contributed by atoms with E-state index in [9.17, 15) is 0 Å². The van der Waals surface area contributed by atoms with Crippen molar-refractivity contribution in [2.75, 3.05) is 0 Å². The Bertz CT molecular complexity index is 2430. The van der Waals surface area contributed by atoms with E-state index < -0.39 is 0 Å². The Morgan fingerprint density at radius 2 is 0.750 bits per heavy atom. The van der Waals surface area contributed by atoms with Crippen LogP contribution in [0.5, 0.6) is 0 Å². The first-order chi connectivity index (χ1) is 17.6. The summed E-state index contributed by atoms with van der Waals surface area (Å²) in [5.41, 5.74) is 6.22. The molecule has 4 heteroatoms. The van der Waals surface area contributed by atoms with Gasteiger partial charge in [-0.2, -0.15) is 0 Å². The van der Waals surface area contributed by atoms with Crippen LogP contribution in [-0.2, 0) is 0 Å². The second kappa shape index (κ2) is 6.10. The minimum Gasteiger partial charge on any atom is -0.244 e. The minimum atomic E-state index is 0.927. The molecule has 0 aliphatic heterocycles. The molecule has 0 spiro atoms. The van der Waals surface area contributed by atoms with Crippen molar-refractivity contribution < 1.29 is 0 Å². The number of hydrogen-bond acceptors (Lipinski definition) is 4. The molecule has 2 aliphatic carbocycles. The van der Waals surface area contributed by atoms with E-state index in [2.05, 4.69) is 86.6 Å². The molecule has 9 rings (SSSR count). The molecule has 0 fully saturated rings.